The fourth-order valence-corrected chi connectivity index (χ4v) is 1.76. The van der Waals surface area contributed by atoms with Crippen LogP contribution in [-0.2, 0) is 14.9 Å². The summed E-state index contributed by atoms with van der Waals surface area (Å²) in [4.78, 5) is 11.8. The largest absolute Gasteiger partial charge is 0.468 e. The molecule has 0 bridgehead atoms. The zero-order valence-electron chi connectivity index (χ0n) is 9.19. The zero-order chi connectivity index (χ0) is 11.3. The molecule has 0 unspecified atom stereocenters. The number of hydrogen-bond acceptors (Lipinski definition) is 3. The van der Waals surface area contributed by atoms with Gasteiger partial charge in [-0.3, -0.25) is 4.79 Å². The van der Waals surface area contributed by atoms with Crippen LogP contribution in [0.25, 0.3) is 0 Å². The maximum Gasteiger partial charge on any atom is 0.317 e. The molecule has 0 aliphatic carbocycles. The molecule has 0 spiro atoms. The molecule has 3 heteroatoms. The number of carbonyl (C=O) groups is 1. The number of rotatable bonds is 4. The lowest BCUT2D eigenvalue weighted by molar-refractivity contribution is -0.147. The molecular formula is C12H17NO2. The molecule has 1 aromatic carbocycles. The van der Waals surface area contributed by atoms with Crippen LogP contribution in [0.15, 0.2) is 30.3 Å². The standard InChI is InChI=1S/C12H17NO2/c1-3-12(9-13,11(14)15-2)10-7-5-4-6-8-10/h4-8H,3,9,13H2,1-2H3/t12-/m0/s1. The van der Waals surface area contributed by atoms with Gasteiger partial charge in [-0.25, -0.2) is 0 Å². The predicted molar refractivity (Wildman–Crippen MR) is 59.5 cm³/mol. The Morgan fingerprint density at radius 3 is 2.40 bits per heavy atom. The third kappa shape index (κ3) is 2.02. The first-order chi connectivity index (χ1) is 7.21. The molecule has 1 aromatic rings. The van der Waals surface area contributed by atoms with Crippen LogP contribution in [0.3, 0.4) is 0 Å². The summed E-state index contributed by atoms with van der Waals surface area (Å²) < 4.78 is 4.83. The van der Waals surface area contributed by atoms with Gasteiger partial charge >= 0.3 is 5.97 Å². The molecule has 0 saturated carbocycles. The Kier molecular flexibility index (Phi) is 3.86. The summed E-state index contributed by atoms with van der Waals surface area (Å²) in [6, 6.07) is 9.54. The van der Waals surface area contributed by atoms with Crippen molar-refractivity contribution in [3.63, 3.8) is 0 Å². The molecule has 3 nitrogen and oxygen atoms in total. The van der Waals surface area contributed by atoms with Gasteiger partial charge < -0.3 is 10.5 Å². The van der Waals surface area contributed by atoms with Crippen molar-refractivity contribution in [2.24, 2.45) is 5.73 Å². The van der Waals surface area contributed by atoms with Crippen LogP contribution in [0.1, 0.15) is 18.9 Å². The van der Waals surface area contributed by atoms with Crippen LogP contribution in [0.4, 0.5) is 0 Å². The van der Waals surface area contributed by atoms with Crippen molar-refractivity contribution in [2.75, 3.05) is 13.7 Å². The van der Waals surface area contributed by atoms with E-state index in [0.717, 1.165) is 5.56 Å². The molecule has 15 heavy (non-hydrogen) atoms. The van der Waals surface area contributed by atoms with E-state index in [9.17, 15) is 4.79 Å². The lowest BCUT2D eigenvalue weighted by Crippen LogP contribution is -2.43. The van der Waals surface area contributed by atoms with Crippen molar-refractivity contribution < 1.29 is 9.53 Å². The minimum absolute atomic E-state index is 0.264. The third-order valence-electron chi connectivity index (χ3n) is 2.85. The first-order valence-corrected chi connectivity index (χ1v) is 5.05. The maximum absolute atomic E-state index is 11.8. The van der Waals surface area contributed by atoms with Gasteiger partial charge in [-0.2, -0.15) is 0 Å². The summed E-state index contributed by atoms with van der Waals surface area (Å²) in [7, 11) is 1.39. The Morgan fingerprint density at radius 1 is 1.40 bits per heavy atom. The average Bonchev–Trinajstić information content (AvgIpc) is 2.32. The van der Waals surface area contributed by atoms with Gasteiger partial charge in [-0.05, 0) is 12.0 Å². The second-order valence-corrected chi connectivity index (χ2v) is 3.50. The number of carbonyl (C=O) groups excluding carboxylic acids is 1. The highest BCUT2D eigenvalue weighted by Crippen LogP contribution is 2.28. The van der Waals surface area contributed by atoms with Crippen LogP contribution < -0.4 is 5.73 Å². The lowest BCUT2D eigenvalue weighted by atomic mass is 9.78. The maximum atomic E-state index is 11.8. The second-order valence-electron chi connectivity index (χ2n) is 3.50. The zero-order valence-corrected chi connectivity index (χ0v) is 9.19. The van der Waals surface area contributed by atoms with Crippen molar-refractivity contribution in [1.82, 2.24) is 0 Å². The molecule has 0 heterocycles. The number of hydrogen-bond donors (Lipinski definition) is 1. The summed E-state index contributed by atoms with van der Waals surface area (Å²) in [6.45, 7) is 2.21. The van der Waals surface area contributed by atoms with E-state index < -0.39 is 5.41 Å². The molecule has 0 amide bonds. The Bertz CT molecular complexity index is 318. The van der Waals surface area contributed by atoms with Gasteiger partial charge in [0.05, 0.1) is 7.11 Å². The van der Waals surface area contributed by atoms with E-state index in [2.05, 4.69) is 0 Å². The van der Waals surface area contributed by atoms with Crippen LogP contribution in [0, 0.1) is 0 Å². The van der Waals surface area contributed by atoms with E-state index in [0.29, 0.717) is 6.42 Å². The molecule has 0 aromatic heterocycles. The fraction of sp³-hybridized carbons (Fsp3) is 0.417. The van der Waals surface area contributed by atoms with E-state index >= 15 is 0 Å². The minimum Gasteiger partial charge on any atom is -0.468 e. The van der Waals surface area contributed by atoms with Gasteiger partial charge in [-0.1, -0.05) is 37.3 Å². The average molecular weight is 207 g/mol. The third-order valence-corrected chi connectivity index (χ3v) is 2.85. The smallest absolute Gasteiger partial charge is 0.317 e. The van der Waals surface area contributed by atoms with Gasteiger partial charge in [0.15, 0.2) is 0 Å². The SMILES string of the molecule is CC[C@@](CN)(C(=O)OC)c1ccccc1. The first kappa shape index (κ1) is 11.7. The molecule has 1 atom stereocenters. The predicted octanol–water partition coefficient (Wildman–Crippen LogP) is 1.47. The second kappa shape index (κ2) is 4.94. The van der Waals surface area contributed by atoms with Crippen LogP contribution >= 0.6 is 0 Å². The summed E-state index contributed by atoms with van der Waals surface area (Å²) in [6.07, 6.45) is 0.639. The lowest BCUT2D eigenvalue weighted by Gasteiger charge is -2.28. The molecule has 0 aliphatic heterocycles. The Hall–Kier alpha value is -1.35. The molecular weight excluding hydrogens is 190 g/mol. The molecule has 0 saturated heterocycles. The molecule has 0 radical (unpaired) electrons. The molecule has 0 aliphatic rings. The van der Waals surface area contributed by atoms with E-state index in [1.54, 1.807) is 0 Å². The monoisotopic (exact) mass is 207 g/mol. The molecule has 1 rings (SSSR count). The highest BCUT2D eigenvalue weighted by molar-refractivity contribution is 5.83. The Labute approximate surface area is 90.2 Å². The van der Waals surface area contributed by atoms with E-state index in [1.807, 2.05) is 37.3 Å². The highest BCUT2D eigenvalue weighted by Gasteiger charge is 2.38. The number of nitrogens with two attached hydrogens (primary N) is 1. The molecule has 82 valence electrons. The number of esters is 1. The van der Waals surface area contributed by atoms with E-state index in [4.69, 9.17) is 10.5 Å². The highest BCUT2D eigenvalue weighted by atomic mass is 16.5. The summed E-state index contributed by atoms with van der Waals surface area (Å²) >= 11 is 0. The topological polar surface area (TPSA) is 52.3 Å². The van der Waals surface area contributed by atoms with Crippen molar-refractivity contribution in [2.45, 2.75) is 18.8 Å². The van der Waals surface area contributed by atoms with Crippen LogP contribution in [0.2, 0.25) is 0 Å². The minimum atomic E-state index is -0.698. The quantitative estimate of drug-likeness (QED) is 0.760. The number of methoxy groups -OCH3 is 1. The number of ether oxygens (including phenoxy) is 1. The van der Waals surface area contributed by atoms with Crippen molar-refractivity contribution >= 4 is 5.97 Å². The summed E-state index contributed by atoms with van der Waals surface area (Å²) in [5.41, 5.74) is 5.95. The summed E-state index contributed by atoms with van der Waals surface area (Å²) in [5.74, 6) is -0.265. The van der Waals surface area contributed by atoms with Gasteiger partial charge in [0.25, 0.3) is 0 Å². The Morgan fingerprint density at radius 2 is 2.00 bits per heavy atom. The fourth-order valence-electron chi connectivity index (χ4n) is 1.76. The first-order valence-electron chi connectivity index (χ1n) is 5.05. The molecule has 2 N–H and O–H groups in total. The van der Waals surface area contributed by atoms with Gasteiger partial charge in [0.2, 0.25) is 0 Å². The van der Waals surface area contributed by atoms with E-state index in [-0.39, 0.29) is 12.5 Å². The summed E-state index contributed by atoms with van der Waals surface area (Å²) in [5, 5.41) is 0. The van der Waals surface area contributed by atoms with Crippen LogP contribution in [0.5, 0.6) is 0 Å². The molecule has 0 fully saturated rings. The van der Waals surface area contributed by atoms with Crippen molar-refractivity contribution in [3.8, 4) is 0 Å². The van der Waals surface area contributed by atoms with Crippen molar-refractivity contribution in [1.29, 1.82) is 0 Å². The van der Waals surface area contributed by atoms with Crippen LogP contribution in [-0.4, -0.2) is 19.6 Å². The van der Waals surface area contributed by atoms with Gasteiger partial charge in [0.1, 0.15) is 5.41 Å². The van der Waals surface area contributed by atoms with Gasteiger partial charge in [-0.15, -0.1) is 0 Å². The van der Waals surface area contributed by atoms with Gasteiger partial charge in [0, 0.05) is 6.54 Å². The van der Waals surface area contributed by atoms with Crippen molar-refractivity contribution in [3.05, 3.63) is 35.9 Å². The normalized spacial score (nSPS) is 14.3. The van der Waals surface area contributed by atoms with E-state index in [1.165, 1.54) is 7.11 Å². The number of benzene rings is 1. The Balaban J connectivity index is 3.17.